The number of nitrogens with zero attached hydrogens (tertiary/aromatic N) is 4. The lowest BCUT2D eigenvalue weighted by Crippen LogP contribution is -2.37. The van der Waals surface area contributed by atoms with Gasteiger partial charge in [0.15, 0.2) is 5.65 Å². The minimum Gasteiger partial charge on any atom is -0.497 e. The minimum atomic E-state index is -0.00696. The van der Waals surface area contributed by atoms with Crippen LogP contribution in [0.25, 0.3) is 11.0 Å². The summed E-state index contributed by atoms with van der Waals surface area (Å²) in [5, 5.41) is 8.17. The van der Waals surface area contributed by atoms with Crippen molar-refractivity contribution in [2.24, 2.45) is 0 Å². The normalized spacial score (nSPS) is 14.0. The minimum absolute atomic E-state index is 0.00696. The number of methoxy groups -OCH3 is 1. The van der Waals surface area contributed by atoms with Crippen LogP contribution in [0.4, 0.5) is 0 Å². The van der Waals surface area contributed by atoms with Gasteiger partial charge in [-0.2, -0.15) is 5.10 Å². The van der Waals surface area contributed by atoms with Gasteiger partial charge in [0, 0.05) is 13.1 Å². The van der Waals surface area contributed by atoms with Crippen LogP contribution >= 0.6 is 0 Å². The molecule has 0 aliphatic carbocycles. The van der Waals surface area contributed by atoms with Crippen LogP contribution in [0.5, 0.6) is 5.75 Å². The molecular formula is C16H17N5O2. The van der Waals surface area contributed by atoms with Gasteiger partial charge < -0.3 is 10.1 Å². The second-order valence-electron chi connectivity index (χ2n) is 5.55. The smallest absolute Gasteiger partial charge is 0.264 e. The Morgan fingerprint density at radius 1 is 1.30 bits per heavy atom. The zero-order valence-electron chi connectivity index (χ0n) is 12.8. The molecule has 23 heavy (non-hydrogen) atoms. The Kier molecular flexibility index (Phi) is 3.34. The van der Waals surface area contributed by atoms with E-state index in [1.54, 1.807) is 22.6 Å². The molecule has 0 radical (unpaired) electrons. The van der Waals surface area contributed by atoms with Crippen LogP contribution in [0.15, 0.2) is 35.3 Å². The van der Waals surface area contributed by atoms with E-state index in [1.807, 2.05) is 24.3 Å². The van der Waals surface area contributed by atoms with E-state index in [0.717, 1.165) is 23.7 Å². The molecule has 0 saturated carbocycles. The standard InChI is InChI=1S/C16H17N5O2/c1-23-12-4-2-11(3-5-12)10-21-15-13(8-18-21)16(22)20-7-6-17-9-14(20)19-15/h2-5,8,17H,6-7,9-10H2,1H3. The van der Waals surface area contributed by atoms with Crippen molar-refractivity contribution in [3.8, 4) is 5.75 Å². The van der Waals surface area contributed by atoms with Crippen molar-refractivity contribution in [2.45, 2.75) is 19.6 Å². The number of aromatic nitrogens is 4. The highest BCUT2D eigenvalue weighted by Gasteiger charge is 2.17. The van der Waals surface area contributed by atoms with Crippen LogP contribution in [0.2, 0.25) is 0 Å². The quantitative estimate of drug-likeness (QED) is 0.773. The summed E-state index contributed by atoms with van der Waals surface area (Å²) in [5.74, 6) is 1.58. The van der Waals surface area contributed by atoms with Crippen LogP contribution < -0.4 is 15.6 Å². The average molecular weight is 311 g/mol. The maximum atomic E-state index is 12.5. The zero-order chi connectivity index (χ0) is 15.8. The first-order chi connectivity index (χ1) is 11.3. The van der Waals surface area contributed by atoms with Crippen LogP contribution in [-0.4, -0.2) is 33.0 Å². The third kappa shape index (κ3) is 2.39. The van der Waals surface area contributed by atoms with Gasteiger partial charge in [0.1, 0.15) is 17.0 Å². The topological polar surface area (TPSA) is 74.0 Å². The number of nitrogens with one attached hydrogen (secondary N) is 1. The molecule has 0 bridgehead atoms. The molecule has 4 rings (SSSR count). The van der Waals surface area contributed by atoms with Crippen molar-refractivity contribution in [3.05, 3.63) is 52.2 Å². The van der Waals surface area contributed by atoms with E-state index >= 15 is 0 Å². The van der Waals surface area contributed by atoms with Gasteiger partial charge in [-0.3, -0.25) is 9.36 Å². The van der Waals surface area contributed by atoms with Gasteiger partial charge in [0.2, 0.25) is 0 Å². The highest BCUT2D eigenvalue weighted by molar-refractivity contribution is 5.73. The highest BCUT2D eigenvalue weighted by Crippen LogP contribution is 2.15. The largest absolute Gasteiger partial charge is 0.497 e. The zero-order valence-corrected chi connectivity index (χ0v) is 12.8. The number of fused-ring (bicyclic) bond motifs is 2. The van der Waals surface area contributed by atoms with Crippen LogP contribution in [0.1, 0.15) is 11.4 Å². The molecule has 2 aromatic heterocycles. The Hall–Kier alpha value is -2.67. The Balaban J connectivity index is 1.75. The van der Waals surface area contributed by atoms with Gasteiger partial charge in [-0.05, 0) is 17.7 Å². The number of benzene rings is 1. The molecule has 7 heteroatoms. The van der Waals surface area contributed by atoms with Gasteiger partial charge in [0.05, 0.1) is 26.4 Å². The van der Waals surface area contributed by atoms with E-state index in [0.29, 0.717) is 30.7 Å². The molecule has 0 unspecified atom stereocenters. The fraction of sp³-hybridized carbons (Fsp3) is 0.312. The molecule has 0 fully saturated rings. The van der Waals surface area contributed by atoms with Crippen molar-refractivity contribution in [3.63, 3.8) is 0 Å². The van der Waals surface area contributed by atoms with E-state index in [2.05, 4.69) is 15.4 Å². The summed E-state index contributed by atoms with van der Waals surface area (Å²) >= 11 is 0. The lowest BCUT2D eigenvalue weighted by Gasteiger charge is -2.18. The fourth-order valence-electron chi connectivity index (χ4n) is 2.87. The molecule has 1 aliphatic heterocycles. The Labute approximate surface area is 132 Å². The van der Waals surface area contributed by atoms with Crippen molar-refractivity contribution in [1.29, 1.82) is 0 Å². The molecule has 1 N–H and O–H groups in total. The summed E-state index contributed by atoms with van der Waals surface area (Å²) in [6.07, 6.45) is 1.61. The molecule has 1 aromatic carbocycles. The van der Waals surface area contributed by atoms with Crippen molar-refractivity contribution >= 4 is 11.0 Å². The number of hydrogen-bond acceptors (Lipinski definition) is 5. The van der Waals surface area contributed by atoms with Crippen LogP contribution in [0, 0.1) is 0 Å². The van der Waals surface area contributed by atoms with Crippen molar-refractivity contribution in [2.75, 3.05) is 13.7 Å². The molecule has 0 spiro atoms. The van der Waals surface area contributed by atoms with Gasteiger partial charge >= 0.3 is 0 Å². The predicted molar refractivity (Wildman–Crippen MR) is 85.6 cm³/mol. The second kappa shape index (κ2) is 5.51. The molecule has 0 saturated heterocycles. The third-order valence-electron chi connectivity index (χ3n) is 4.12. The molecule has 0 amide bonds. The summed E-state index contributed by atoms with van der Waals surface area (Å²) < 4.78 is 8.67. The highest BCUT2D eigenvalue weighted by atomic mass is 16.5. The summed E-state index contributed by atoms with van der Waals surface area (Å²) in [7, 11) is 1.64. The Morgan fingerprint density at radius 3 is 2.91 bits per heavy atom. The molecular weight excluding hydrogens is 294 g/mol. The summed E-state index contributed by atoms with van der Waals surface area (Å²) in [6.45, 7) is 2.62. The SMILES string of the molecule is COc1ccc(Cn2ncc3c(=O)n4c(nc32)CNCC4)cc1. The number of rotatable bonds is 3. The lowest BCUT2D eigenvalue weighted by molar-refractivity contribution is 0.414. The molecule has 1 aliphatic rings. The van der Waals surface area contributed by atoms with Crippen LogP contribution in [0.3, 0.4) is 0 Å². The van der Waals surface area contributed by atoms with Crippen molar-refractivity contribution in [1.82, 2.24) is 24.6 Å². The lowest BCUT2D eigenvalue weighted by atomic mass is 10.2. The Bertz CT molecular complexity index is 911. The summed E-state index contributed by atoms with van der Waals surface area (Å²) in [4.78, 5) is 17.2. The molecule has 7 nitrogen and oxygen atoms in total. The number of hydrogen-bond donors (Lipinski definition) is 1. The maximum absolute atomic E-state index is 12.5. The van der Waals surface area contributed by atoms with E-state index in [1.165, 1.54) is 0 Å². The maximum Gasteiger partial charge on any atom is 0.264 e. The second-order valence-corrected chi connectivity index (χ2v) is 5.55. The number of ether oxygens (including phenoxy) is 1. The average Bonchev–Trinajstić information content (AvgIpc) is 2.99. The fourth-order valence-corrected chi connectivity index (χ4v) is 2.87. The Morgan fingerprint density at radius 2 is 2.13 bits per heavy atom. The van der Waals surface area contributed by atoms with E-state index in [9.17, 15) is 4.79 Å². The molecule has 0 atom stereocenters. The first-order valence-corrected chi connectivity index (χ1v) is 7.55. The van der Waals surface area contributed by atoms with Gasteiger partial charge in [0.25, 0.3) is 5.56 Å². The van der Waals surface area contributed by atoms with Gasteiger partial charge in [-0.25, -0.2) is 9.67 Å². The first kappa shape index (κ1) is 14.0. The predicted octanol–water partition coefficient (Wildman–Crippen LogP) is 0.753. The van der Waals surface area contributed by atoms with Gasteiger partial charge in [-0.15, -0.1) is 0 Å². The summed E-state index contributed by atoms with van der Waals surface area (Å²) in [5.41, 5.74) is 1.71. The summed E-state index contributed by atoms with van der Waals surface area (Å²) in [6, 6.07) is 7.79. The molecule has 3 heterocycles. The van der Waals surface area contributed by atoms with Crippen LogP contribution in [-0.2, 0) is 19.6 Å². The monoisotopic (exact) mass is 311 g/mol. The molecule has 3 aromatic rings. The van der Waals surface area contributed by atoms with E-state index in [-0.39, 0.29) is 5.56 Å². The van der Waals surface area contributed by atoms with Gasteiger partial charge in [-0.1, -0.05) is 12.1 Å². The molecule has 118 valence electrons. The first-order valence-electron chi connectivity index (χ1n) is 7.55. The van der Waals surface area contributed by atoms with E-state index < -0.39 is 0 Å². The van der Waals surface area contributed by atoms with E-state index in [4.69, 9.17) is 4.74 Å². The third-order valence-corrected chi connectivity index (χ3v) is 4.12. The van der Waals surface area contributed by atoms with Crippen molar-refractivity contribution < 1.29 is 4.74 Å².